The smallest absolute Gasteiger partial charge is 0.193 e. The Morgan fingerprint density at radius 1 is 1.21 bits per heavy atom. The zero-order chi connectivity index (χ0) is 16.9. The highest BCUT2D eigenvalue weighted by atomic mass is 79.9. The molecule has 0 saturated carbocycles. The van der Waals surface area contributed by atoms with E-state index >= 15 is 0 Å². The van der Waals surface area contributed by atoms with E-state index in [9.17, 15) is 0 Å². The number of nitrogens with one attached hydrogen (secondary N) is 1. The fourth-order valence-electron chi connectivity index (χ4n) is 2.92. The fraction of sp³-hybridized carbons (Fsp3) is 0.316. The van der Waals surface area contributed by atoms with Crippen molar-refractivity contribution in [2.75, 3.05) is 29.9 Å². The Kier molecular flexibility index (Phi) is 5.41. The number of nitrogens with zero attached hydrogens (tertiary/aromatic N) is 2. The topological polar surface area (TPSA) is 53.6 Å². The zero-order valence-corrected chi connectivity index (χ0v) is 15.5. The Labute approximate surface area is 151 Å². The van der Waals surface area contributed by atoms with Crippen LogP contribution < -0.4 is 16.0 Å². The lowest BCUT2D eigenvalue weighted by atomic mass is 10.1. The first-order chi connectivity index (χ1) is 11.6. The van der Waals surface area contributed by atoms with Crippen molar-refractivity contribution < 1.29 is 0 Å². The minimum absolute atomic E-state index is 0.487. The van der Waals surface area contributed by atoms with Crippen molar-refractivity contribution >= 4 is 33.3 Å². The van der Waals surface area contributed by atoms with Crippen LogP contribution in [-0.2, 0) is 0 Å². The molecule has 1 aliphatic heterocycles. The van der Waals surface area contributed by atoms with Crippen LogP contribution in [0.5, 0.6) is 0 Å². The lowest BCUT2D eigenvalue weighted by molar-refractivity contribution is 0.603. The number of guanidine groups is 1. The Hall–Kier alpha value is -2.01. The molecule has 0 spiro atoms. The number of nitrogens with two attached hydrogens (primary N) is 1. The summed E-state index contributed by atoms with van der Waals surface area (Å²) in [6, 6.07) is 16.6. The Morgan fingerprint density at radius 3 is 2.62 bits per heavy atom. The van der Waals surface area contributed by atoms with Crippen LogP contribution in [0.3, 0.4) is 0 Å². The second kappa shape index (κ2) is 7.71. The first-order valence-electron chi connectivity index (χ1n) is 8.24. The predicted octanol–water partition coefficient (Wildman–Crippen LogP) is 4.01. The van der Waals surface area contributed by atoms with E-state index in [2.05, 4.69) is 74.5 Å². The highest BCUT2D eigenvalue weighted by Gasteiger charge is 2.22. The third-order valence-electron chi connectivity index (χ3n) is 4.32. The molecule has 1 unspecified atom stereocenters. The van der Waals surface area contributed by atoms with Gasteiger partial charge in [0, 0.05) is 35.5 Å². The normalized spacial score (nSPS) is 18.0. The van der Waals surface area contributed by atoms with Gasteiger partial charge in [0.05, 0.1) is 0 Å². The SMILES string of the molecule is Cc1ccc(NC(N)=NCC2CCN(c3ccc(Br)cc3)C2)cc1. The lowest BCUT2D eigenvalue weighted by Gasteiger charge is -2.18. The molecule has 0 bridgehead atoms. The number of hydrogen-bond acceptors (Lipinski definition) is 2. The third kappa shape index (κ3) is 4.51. The molecule has 0 amide bonds. The Bertz CT molecular complexity index is 694. The molecule has 1 heterocycles. The molecule has 24 heavy (non-hydrogen) atoms. The van der Waals surface area contributed by atoms with Crippen molar-refractivity contribution in [1.82, 2.24) is 0 Å². The highest BCUT2D eigenvalue weighted by molar-refractivity contribution is 9.10. The number of halogens is 1. The average Bonchev–Trinajstić information content (AvgIpc) is 3.05. The van der Waals surface area contributed by atoms with Crippen LogP contribution in [0, 0.1) is 12.8 Å². The van der Waals surface area contributed by atoms with Crippen molar-refractivity contribution in [2.24, 2.45) is 16.6 Å². The van der Waals surface area contributed by atoms with Gasteiger partial charge in [0.15, 0.2) is 5.96 Å². The highest BCUT2D eigenvalue weighted by Crippen LogP contribution is 2.25. The summed E-state index contributed by atoms with van der Waals surface area (Å²) in [5, 5.41) is 3.15. The number of rotatable bonds is 4. The molecule has 2 aromatic rings. The molecule has 1 fully saturated rings. The molecule has 5 heteroatoms. The third-order valence-corrected chi connectivity index (χ3v) is 4.85. The Morgan fingerprint density at radius 2 is 1.92 bits per heavy atom. The molecule has 1 aliphatic rings. The van der Waals surface area contributed by atoms with Crippen LogP contribution in [0.15, 0.2) is 58.0 Å². The van der Waals surface area contributed by atoms with Crippen molar-refractivity contribution in [3.05, 3.63) is 58.6 Å². The van der Waals surface area contributed by atoms with E-state index in [0.717, 1.165) is 36.2 Å². The quantitative estimate of drug-likeness (QED) is 0.616. The second-order valence-corrected chi connectivity index (χ2v) is 7.21. The van der Waals surface area contributed by atoms with Gasteiger partial charge in [-0.25, -0.2) is 0 Å². The van der Waals surface area contributed by atoms with Gasteiger partial charge in [-0.1, -0.05) is 33.6 Å². The molecule has 0 aliphatic carbocycles. The summed E-state index contributed by atoms with van der Waals surface area (Å²) in [5.41, 5.74) is 9.49. The summed E-state index contributed by atoms with van der Waals surface area (Å²) in [4.78, 5) is 6.93. The van der Waals surface area contributed by atoms with Gasteiger partial charge in [-0.3, -0.25) is 4.99 Å². The summed E-state index contributed by atoms with van der Waals surface area (Å²) in [7, 11) is 0. The second-order valence-electron chi connectivity index (χ2n) is 6.29. The van der Waals surface area contributed by atoms with Crippen LogP contribution in [0.2, 0.25) is 0 Å². The molecular formula is C19H23BrN4. The largest absolute Gasteiger partial charge is 0.371 e. The molecule has 3 N–H and O–H groups in total. The van der Waals surface area contributed by atoms with Crippen LogP contribution in [0.1, 0.15) is 12.0 Å². The maximum absolute atomic E-state index is 6.00. The zero-order valence-electron chi connectivity index (χ0n) is 13.9. The van der Waals surface area contributed by atoms with E-state index in [0.29, 0.717) is 11.9 Å². The summed E-state index contributed by atoms with van der Waals surface area (Å²) in [6.07, 6.45) is 1.15. The van der Waals surface area contributed by atoms with Gasteiger partial charge in [0.25, 0.3) is 0 Å². The predicted molar refractivity (Wildman–Crippen MR) is 106 cm³/mol. The van der Waals surface area contributed by atoms with Crippen LogP contribution >= 0.6 is 15.9 Å². The van der Waals surface area contributed by atoms with E-state index in [1.165, 1.54) is 11.3 Å². The van der Waals surface area contributed by atoms with Crippen LogP contribution in [0.25, 0.3) is 0 Å². The number of aryl methyl sites for hydroxylation is 1. The first-order valence-corrected chi connectivity index (χ1v) is 9.03. The van der Waals surface area contributed by atoms with Crippen molar-refractivity contribution in [3.8, 4) is 0 Å². The van der Waals surface area contributed by atoms with Gasteiger partial charge in [-0.15, -0.1) is 0 Å². The lowest BCUT2D eigenvalue weighted by Crippen LogP contribution is -2.25. The molecule has 0 radical (unpaired) electrons. The molecule has 3 rings (SSSR count). The number of hydrogen-bond donors (Lipinski definition) is 2. The summed E-state index contributed by atoms with van der Waals surface area (Å²) in [6.45, 7) is 4.94. The molecule has 1 saturated heterocycles. The van der Waals surface area contributed by atoms with Gasteiger partial charge in [-0.05, 0) is 55.7 Å². The number of anilines is 2. The molecule has 1 atom stereocenters. The summed E-state index contributed by atoms with van der Waals surface area (Å²) in [5.74, 6) is 1.04. The van der Waals surface area contributed by atoms with Gasteiger partial charge in [-0.2, -0.15) is 0 Å². The standard InChI is InChI=1S/C19H23BrN4/c1-14-2-6-17(7-3-14)23-19(21)22-12-15-10-11-24(13-15)18-8-4-16(20)5-9-18/h2-9,15H,10-13H2,1H3,(H3,21,22,23). The van der Waals surface area contributed by atoms with Crippen LogP contribution in [0.4, 0.5) is 11.4 Å². The van der Waals surface area contributed by atoms with Gasteiger partial charge in [0.2, 0.25) is 0 Å². The maximum Gasteiger partial charge on any atom is 0.193 e. The van der Waals surface area contributed by atoms with E-state index in [-0.39, 0.29) is 0 Å². The van der Waals surface area contributed by atoms with Crippen molar-refractivity contribution in [2.45, 2.75) is 13.3 Å². The minimum atomic E-state index is 0.487. The van der Waals surface area contributed by atoms with Gasteiger partial charge < -0.3 is 16.0 Å². The number of benzene rings is 2. The van der Waals surface area contributed by atoms with E-state index in [1.807, 2.05) is 12.1 Å². The fourth-order valence-corrected chi connectivity index (χ4v) is 3.18. The van der Waals surface area contributed by atoms with Crippen molar-refractivity contribution in [3.63, 3.8) is 0 Å². The average molecular weight is 387 g/mol. The van der Waals surface area contributed by atoms with E-state index in [1.54, 1.807) is 0 Å². The van der Waals surface area contributed by atoms with E-state index < -0.39 is 0 Å². The van der Waals surface area contributed by atoms with Crippen molar-refractivity contribution in [1.29, 1.82) is 0 Å². The molecule has 126 valence electrons. The Balaban J connectivity index is 1.51. The number of aliphatic imine (C=N–C) groups is 1. The molecule has 2 aromatic carbocycles. The van der Waals surface area contributed by atoms with Gasteiger partial charge in [0.1, 0.15) is 0 Å². The van der Waals surface area contributed by atoms with Gasteiger partial charge >= 0.3 is 0 Å². The summed E-state index contributed by atoms with van der Waals surface area (Å²) < 4.78 is 1.11. The maximum atomic E-state index is 6.00. The molecule has 4 nitrogen and oxygen atoms in total. The van der Waals surface area contributed by atoms with Crippen LogP contribution in [-0.4, -0.2) is 25.6 Å². The summed E-state index contributed by atoms with van der Waals surface area (Å²) >= 11 is 3.48. The van der Waals surface area contributed by atoms with E-state index in [4.69, 9.17) is 5.73 Å². The first kappa shape index (κ1) is 16.8. The molecule has 0 aromatic heterocycles. The monoisotopic (exact) mass is 386 g/mol. The molecular weight excluding hydrogens is 364 g/mol. The minimum Gasteiger partial charge on any atom is -0.371 e.